The molecule has 1 heterocycles. The molecule has 0 saturated heterocycles. The highest BCUT2D eigenvalue weighted by atomic mass is 16.5. The fraction of sp³-hybridized carbons (Fsp3) is 0.667. The van der Waals surface area contributed by atoms with Crippen molar-refractivity contribution in [1.29, 1.82) is 0 Å². The first-order valence-electron chi connectivity index (χ1n) is 6.15. The number of amides is 1. The molecule has 0 aliphatic heterocycles. The van der Waals surface area contributed by atoms with Crippen LogP contribution in [0.3, 0.4) is 0 Å². The fourth-order valence-electron chi connectivity index (χ4n) is 1.92. The summed E-state index contributed by atoms with van der Waals surface area (Å²) in [6, 6.07) is 0. The Kier molecular flexibility index (Phi) is 3.86. The zero-order valence-corrected chi connectivity index (χ0v) is 10.7. The maximum Gasteiger partial charge on any atom is 0.258 e. The summed E-state index contributed by atoms with van der Waals surface area (Å²) in [5.41, 5.74) is 0.418. The molecule has 0 radical (unpaired) electrons. The minimum Gasteiger partial charge on any atom is -0.479 e. The Bertz CT molecular complexity index is 426. The summed E-state index contributed by atoms with van der Waals surface area (Å²) in [5, 5.41) is 16.5. The summed E-state index contributed by atoms with van der Waals surface area (Å²) in [6.07, 6.45) is 4.13. The molecule has 6 heteroatoms. The number of methoxy groups -OCH3 is 1. The quantitative estimate of drug-likeness (QED) is 0.765. The van der Waals surface area contributed by atoms with E-state index in [0.29, 0.717) is 30.3 Å². The zero-order chi connectivity index (χ0) is 13.1. The van der Waals surface area contributed by atoms with Crippen LogP contribution in [0.25, 0.3) is 0 Å². The van der Waals surface area contributed by atoms with Crippen LogP contribution in [-0.2, 0) is 7.05 Å². The van der Waals surface area contributed by atoms with Crippen molar-refractivity contribution in [2.75, 3.05) is 13.7 Å². The number of rotatable bonds is 6. The number of hydrogen-bond acceptors (Lipinski definition) is 4. The van der Waals surface area contributed by atoms with Crippen molar-refractivity contribution in [3.63, 3.8) is 0 Å². The first kappa shape index (κ1) is 12.9. The van der Waals surface area contributed by atoms with Gasteiger partial charge in [-0.2, -0.15) is 0 Å². The highest BCUT2D eigenvalue weighted by molar-refractivity contribution is 5.96. The number of aliphatic hydroxyl groups is 1. The van der Waals surface area contributed by atoms with E-state index in [1.807, 2.05) is 0 Å². The van der Waals surface area contributed by atoms with Gasteiger partial charge in [-0.05, 0) is 25.2 Å². The lowest BCUT2D eigenvalue weighted by molar-refractivity contribution is 0.0934. The number of aryl methyl sites for hydroxylation is 1. The molecule has 1 aromatic heterocycles. The van der Waals surface area contributed by atoms with Crippen molar-refractivity contribution in [3.05, 3.63) is 11.8 Å². The number of nitrogens with one attached hydrogen (secondary N) is 1. The van der Waals surface area contributed by atoms with Crippen LogP contribution in [0.15, 0.2) is 6.20 Å². The Morgan fingerprint density at radius 2 is 2.44 bits per heavy atom. The number of carbonyl (C=O) groups is 1. The van der Waals surface area contributed by atoms with Crippen molar-refractivity contribution in [2.24, 2.45) is 13.0 Å². The second kappa shape index (κ2) is 5.39. The molecule has 1 aliphatic carbocycles. The highest BCUT2D eigenvalue weighted by Crippen LogP contribution is 2.33. The van der Waals surface area contributed by atoms with E-state index in [0.717, 1.165) is 12.8 Å². The third kappa shape index (κ3) is 3.01. The van der Waals surface area contributed by atoms with Gasteiger partial charge in [0.15, 0.2) is 0 Å². The Balaban J connectivity index is 1.82. The van der Waals surface area contributed by atoms with Crippen molar-refractivity contribution in [3.8, 4) is 5.88 Å². The minimum absolute atomic E-state index is 0.219. The summed E-state index contributed by atoms with van der Waals surface area (Å²) in [6.45, 7) is 0.467. The molecule has 1 aliphatic rings. The highest BCUT2D eigenvalue weighted by Gasteiger charge is 2.29. The maximum absolute atomic E-state index is 11.9. The van der Waals surface area contributed by atoms with Crippen LogP contribution in [0, 0.1) is 5.92 Å². The van der Waals surface area contributed by atoms with E-state index < -0.39 is 0 Å². The molecule has 0 aromatic carbocycles. The van der Waals surface area contributed by atoms with Gasteiger partial charge >= 0.3 is 0 Å². The Morgan fingerprint density at radius 1 is 1.72 bits per heavy atom. The molecule has 1 unspecified atom stereocenters. The van der Waals surface area contributed by atoms with Crippen molar-refractivity contribution >= 4 is 5.91 Å². The first-order valence-corrected chi connectivity index (χ1v) is 6.15. The number of ether oxygens (including phenoxy) is 1. The molecule has 6 nitrogen and oxygen atoms in total. The van der Waals surface area contributed by atoms with Crippen LogP contribution < -0.4 is 10.1 Å². The van der Waals surface area contributed by atoms with Crippen LogP contribution in [-0.4, -0.2) is 40.6 Å². The van der Waals surface area contributed by atoms with Gasteiger partial charge in [-0.1, -0.05) is 0 Å². The van der Waals surface area contributed by atoms with Crippen LogP contribution in [0.4, 0.5) is 0 Å². The van der Waals surface area contributed by atoms with Crippen molar-refractivity contribution in [2.45, 2.75) is 25.4 Å². The van der Waals surface area contributed by atoms with E-state index in [9.17, 15) is 9.90 Å². The van der Waals surface area contributed by atoms with Gasteiger partial charge in [0.25, 0.3) is 5.91 Å². The van der Waals surface area contributed by atoms with E-state index in [-0.39, 0.29) is 12.0 Å². The fourth-order valence-corrected chi connectivity index (χ4v) is 1.92. The normalized spacial score (nSPS) is 16.4. The summed E-state index contributed by atoms with van der Waals surface area (Å²) in [5.74, 6) is 0.538. The average Bonchev–Trinajstić information content (AvgIpc) is 3.12. The van der Waals surface area contributed by atoms with Gasteiger partial charge in [0.05, 0.1) is 13.2 Å². The SMILES string of the molecule is COc1nn(C)cc1C(=O)NCCC(O)C1CC1. The Labute approximate surface area is 106 Å². The number of aliphatic hydroxyl groups excluding tert-OH is 1. The lowest BCUT2D eigenvalue weighted by atomic mass is 10.1. The molecular weight excluding hydrogens is 234 g/mol. The third-order valence-corrected chi connectivity index (χ3v) is 3.12. The molecule has 0 spiro atoms. The number of carbonyl (C=O) groups excluding carboxylic acids is 1. The van der Waals surface area contributed by atoms with Gasteiger partial charge in [-0.15, -0.1) is 5.10 Å². The van der Waals surface area contributed by atoms with Crippen molar-refractivity contribution < 1.29 is 14.6 Å². The molecule has 2 rings (SSSR count). The van der Waals surface area contributed by atoms with Gasteiger partial charge < -0.3 is 15.2 Å². The third-order valence-electron chi connectivity index (χ3n) is 3.12. The zero-order valence-electron chi connectivity index (χ0n) is 10.7. The predicted octanol–water partition coefficient (Wildman–Crippen LogP) is 0.319. The molecular formula is C12H19N3O3. The largest absolute Gasteiger partial charge is 0.479 e. The van der Waals surface area contributed by atoms with Crippen LogP contribution in [0.1, 0.15) is 29.6 Å². The van der Waals surface area contributed by atoms with Gasteiger partial charge in [-0.3, -0.25) is 9.48 Å². The van der Waals surface area contributed by atoms with E-state index in [1.54, 1.807) is 13.2 Å². The molecule has 1 aromatic rings. The van der Waals surface area contributed by atoms with E-state index in [2.05, 4.69) is 10.4 Å². The van der Waals surface area contributed by atoms with Crippen molar-refractivity contribution in [1.82, 2.24) is 15.1 Å². The Hall–Kier alpha value is -1.56. The number of aromatic nitrogens is 2. The lowest BCUT2D eigenvalue weighted by Crippen LogP contribution is -2.27. The molecule has 1 amide bonds. The van der Waals surface area contributed by atoms with Gasteiger partial charge in [0.2, 0.25) is 5.88 Å². The molecule has 0 bridgehead atoms. The average molecular weight is 253 g/mol. The monoisotopic (exact) mass is 253 g/mol. The summed E-state index contributed by atoms with van der Waals surface area (Å²) in [4.78, 5) is 11.9. The second-order valence-corrected chi connectivity index (χ2v) is 4.68. The predicted molar refractivity (Wildman–Crippen MR) is 65.4 cm³/mol. The number of hydrogen-bond donors (Lipinski definition) is 2. The summed E-state index contributed by atoms with van der Waals surface area (Å²) < 4.78 is 6.56. The van der Waals surface area contributed by atoms with E-state index in [4.69, 9.17) is 4.74 Å². The molecule has 1 fully saturated rings. The smallest absolute Gasteiger partial charge is 0.258 e. The summed E-state index contributed by atoms with van der Waals surface area (Å²) >= 11 is 0. The lowest BCUT2D eigenvalue weighted by Gasteiger charge is -2.09. The molecule has 100 valence electrons. The molecule has 1 saturated carbocycles. The standard InChI is InChI=1S/C12H19N3O3/c1-15-7-9(12(14-15)18-2)11(17)13-6-5-10(16)8-3-4-8/h7-8,10,16H,3-6H2,1-2H3,(H,13,17). The topological polar surface area (TPSA) is 76.4 Å². The molecule has 1 atom stereocenters. The van der Waals surface area contributed by atoms with Crippen LogP contribution in [0.5, 0.6) is 5.88 Å². The summed E-state index contributed by atoms with van der Waals surface area (Å²) in [7, 11) is 3.21. The second-order valence-electron chi connectivity index (χ2n) is 4.68. The van der Waals surface area contributed by atoms with Gasteiger partial charge in [0, 0.05) is 19.8 Å². The van der Waals surface area contributed by atoms with Gasteiger partial charge in [-0.25, -0.2) is 0 Å². The maximum atomic E-state index is 11.9. The molecule has 2 N–H and O–H groups in total. The Morgan fingerprint density at radius 3 is 3.06 bits per heavy atom. The van der Waals surface area contributed by atoms with E-state index >= 15 is 0 Å². The molecule has 18 heavy (non-hydrogen) atoms. The van der Waals surface area contributed by atoms with Crippen LogP contribution >= 0.6 is 0 Å². The number of nitrogens with zero attached hydrogens (tertiary/aromatic N) is 2. The van der Waals surface area contributed by atoms with Gasteiger partial charge in [0.1, 0.15) is 5.56 Å². The van der Waals surface area contributed by atoms with E-state index in [1.165, 1.54) is 11.8 Å². The first-order chi connectivity index (χ1) is 8.61. The van der Waals surface area contributed by atoms with Crippen LogP contribution in [0.2, 0.25) is 0 Å². The minimum atomic E-state index is -0.291.